The number of aromatic nitrogens is 1. The summed E-state index contributed by atoms with van der Waals surface area (Å²) in [6, 6.07) is 8.55. The molecule has 0 unspecified atom stereocenters. The van der Waals surface area contributed by atoms with Crippen LogP contribution in [0.1, 0.15) is 27.9 Å². The van der Waals surface area contributed by atoms with E-state index < -0.39 is 0 Å². The van der Waals surface area contributed by atoms with Gasteiger partial charge in [0.1, 0.15) is 0 Å². The van der Waals surface area contributed by atoms with E-state index in [1.165, 1.54) is 27.8 Å². The van der Waals surface area contributed by atoms with Crippen molar-refractivity contribution < 1.29 is 0 Å². The zero-order valence-electron chi connectivity index (χ0n) is 12.2. The van der Waals surface area contributed by atoms with E-state index in [2.05, 4.69) is 52.0 Å². The van der Waals surface area contributed by atoms with Gasteiger partial charge in [-0.05, 0) is 69.0 Å². The van der Waals surface area contributed by atoms with Gasteiger partial charge in [-0.15, -0.1) is 0 Å². The van der Waals surface area contributed by atoms with E-state index in [1.807, 2.05) is 0 Å². The van der Waals surface area contributed by atoms with Crippen LogP contribution in [0, 0.1) is 27.7 Å². The molecule has 100 valence electrons. The Kier molecular flexibility index (Phi) is 4.01. The molecule has 1 aromatic carbocycles. The largest absolute Gasteiger partial charge is 0.330 e. The van der Waals surface area contributed by atoms with Crippen molar-refractivity contribution in [3.05, 3.63) is 52.2 Å². The van der Waals surface area contributed by atoms with Crippen molar-refractivity contribution in [2.24, 2.45) is 5.73 Å². The number of hydrogen-bond donors (Lipinski definition) is 1. The third-order valence-corrected chi connectivity index (χ3v) is 3.94. The minimum atomic E-state index is 0.682. The molecule has 0 fully saturated rings. The highest BCUT2D eigenvalue weighted by Crippen LogP contribution is 2.27. The van der Waals surface area contributed by atoms with Crippen molar-refractivity contribution in [3.63, 3.8) is 0 Å². The summed E-state index contributed by atoms with van der Waals surface area (Å²) in [4.78, 5) is 4.77. The number of pyridine rings is 1. The molecule has 0 aliphatic rings. The molecule has 2 heteroatoms. The summed E-state index contributed by atoms with van der Waals surface area (Å²) in [5.41, 5.74) is 14.2. The lowest BCUT2D eigenvalue weighted by Gasteiger charge is -2.14. The third-order valence-electron chi connectivity index (χ3n) is 3.94. The quantitative estimate of drug-likeness (QED) is 0.910. The molecule has 0 atom stereocenters. The van der Waals surface area contributed by atoms with Gasteiger partial charge in [-0.1, -0.05) is 18.2 Å². The normalized spacial score (nSPS) is 10.8. The highest BCUT2D eigenvalue weighted by Gasteiger charge is 2.10. The van der Waals surface area contributed by atoms with Gasteiger partial charge in [-0.25, -0.2) is 0 Å². The van der Waals surface area contributed by atoms with Crippen LogP contribution in [0.2, 0.25) is 0 Å². The average molecular weight is 254 g/mol. The molecule has 0 spiro atoms. The SMILES string of the molecule is Cc1nc(-c2cccc(CCN)c2)c(C)c(C)c1C. The molecule has 2 N–H and O–H groups in total. The number of nitrogens with zero attached hydrogens (tertiary/aromatic N) is 1. The molecule has 0 amide bonds. The zero-order valence-corrected chi connectivity index (χ0v) is 12.2. The molecular formula is C17H22N2. The number of nitrogens with two attached hydrogens (primary N) is 1. The van der Waals surface area contributed by atoms with Crippen LogP contribution in [0.4, 0.5) is 0 Å². The summed E-state index contributed by atoms with van der Waals surface area (Å²) in [5.74, 6) is 0. The molecule has 0 saturated carbocycles. The Morgan fingerprint density at radius 2 is 1.74 bits per heavy atom. The second-order valence-corrected chi connectivity index (χ2v) is 5.16. The van der Waals surface area contributed by atoms with E-state index >= 15 is 0 Å². The summed E-state index contributed by atoms with van der Waals surface area (Å²) >= 11 is 0. The van der Waals surface area contributed by atoms with Crippen LogP contribution in [0.3, 0.4) is 0 Å². The molecular weight excluding hydrogens is 232 g/mol. The molecule has 2 rings (SSSR count). The fourth-order valence-electron chi connectivity index (χ4n) is 2.39. The van der Waals surface area contributed by atoms with Gasteiger partial charge in [0.15, 0.2) is 0 Å². The van der Waals surface area contributed by atoms with Gasteiger partial charge in [0, 0.05) is 11.3 Å². The second kappa shape index (κ2) is 5.54. The Labute approximate surface area is 115 Å². The van der Waals surface area contributed by atoms with Crippen molar-refractivity contribution in [1.82, 2.24) is 4.98 Å². The predicted molar refractivity (Wildman–Crippen MR) is 81.4 cm³/mol. The Morgan fingerprint density at radius 1 is 1.00 bits per heavy atom. The van der Waals surface area contributed by atoms with Crippen LogP contribution in [0.25, 0.3) is 11.3 Å². The summed E-state index contributed by atoms with van der Waals surface area (Å²) in [5, 5.41) is 0. The maximum Gasteiger partial charge on any atom is 0.0737 e. The van der Waals surface area contributed by atoms with Gasteiger partial charge in [0.2, 0.25) is 0 Å². The van der Waals surface area contributed by atoms with Gasteiger partial charge in [0.05, 0.1) is 5.69 Å². The van der Waals surface area contributed by atoms with Gasteiger partial charge in [-0.2, -0.15) is 0 Å². The number of aryl methyl sites for hydroxylation is 1. The smallest absolute Gasteiger partial charge is 0.0737 e. The first-order valence-corrected chi connectivity index (χ1v) is 6.78. The first kappa shape index (κ1) is 13.8. The Morgan fingerprint density at radius 3 is 2.42 bits per heavy atom. The fraction of sp³-hybridized carbons (Fsp3) is 0.353. The molecule has 0 saturated heterocycles. The van der Waals surface area contributed by atoms with Crippen molar-refractivity contribution in [1.29, 1.82) is 0 Å². The molecule has 1 aromatic heterocycles. The fourth-order valence-corrected chi connectivity index (χ4v) is 2.39. The standard InChI is InChI=1S/C17H22N2/c1-11-12(2)14(4)19-17(13(11)3)16-7-5-6-15(10-16)8-9-18/h5-7,10H,8-9,18H2,1-4H3. The maximum absolute atomic E-state index is 5.63. The lowest BCUT2D eigenvalue weighted by atomic mass is 9.97. The predicted octanol–water partition coefficient (Wildman–Crippen LogP) is 3.48. The van der Waals surface area contributed by atoms with Crippen molar-refractivity contribution in [3.8, 4) is 11.3 Å². The van der Waals surface area contributed by atoms with Crippen LogP contribution in [-0.2, 0) is 6.42 Å². The van der Waals surface area contributed by atoms with E-state index in [-0.39, 0.29) is 0 Å². The van der Waals surface area contributed by atoms with E-state index in [0.717, 1.165) is 17.8 Å². The number of hydrogen-bond acceptors (Lipinski definition) is 2. The molecule has 2 nitrogen and oxygen atoms in total. The Hall–Kier alpha value is -1.67. The van der Waals surface area contributed by atoms with Gasteiger partial charge in [-0.3, -0.25) is 4.98 Å². The molecule has 1 heterocycles. The highest BCUT2D eigenvalue weighted by molar-refractivity contribution is 5.66. The molecule has 0 radical (unpaired) electrons. The van der Waals surface area contributed by atoms with Crippen molar-refractivity contribution in [2.45, 2.75) is 34.1 Å². The van der Waals surface area contributed by atoms with Crippen LogP contribution < -0.4 is 5.73 Å². The second-order valence-electron chi connectivity index (χ2n) is 5.16. The van der Waals surface area contributed by atoms with Crippen LogP contribution in [-0.4, -0.2) is 11.5 Å². The van der Waals surface area contributed by atoms with Crippen LogP contribution in [0.5, 0.6) is 0 Å². The maximum atomic E-state index is 5.63. The molecule has 0 bridgehead atoms. The summed E-state index contributed by atoms with van der Waals surface area (Å²) < 4.78 is 0. The number of rotatable bonds is 3. The lowest BCUT2D eigenvalue weighted by Crippen LogP contribution is -2.03. The van der Waals surface area contributed by atoms with E-state index in [0.29, 0.717) is 6.54 Å². The van der Waals surface area contributed by atoms with Crippen molar-refractivity contribution in [2.75, 3.05) is 6.54 Å². The average Bonchev–Trinajstić information content (AvgIpc) is 2.41. The topological polar surface area (TPSA) is 38.9 Å². The van der Waals surface area contributed by atoms with Crippen LogP contribution in [0.15, 0.2) is 24.3 Å². The summed E-state index contributed by atoms with van der Waals surface area (Å²) in [6.45, 7) is 9.22. The summed E-state index contributed by atoms with van der Waals surface area (Å²) in [6.07, 6.45) is 0.913. The summed E-state index contributed by atoms with van der Waals surface area (Å²) in [7, 11) is 0. The van der Waals surface area contributed by atoms with E-state index in [9.17, 15) is 0 Å². The number of benzene rings is 1. The first-order valence-electron chi connectivity index (χ1n) is 6.78. The minimum absolute atomic E-state index is 0.682. The lowest BCUT2D eigenvalue weighted by molar-refractivity contribution is 0.968. The molecule has 0 aliphatic carbocycles. The minimum Gasteiger partial charge on any atom is -0.330 e. The van der Waals surface area contributed by atoms with Crippen molar-refractivity contribution >= 4 is 0 Å². The molecule has 2 aromatic rings. The highest BCUT2D eigenvalue weighted by atomic mass is 14.7. The van der Waals surface area contributed by atoms with Gasteiger partial charge < -0.3 is 5.73 Å². The van der Waals surface area contributed by atoms with Gasteiger partial charge >= 0.3 is 0 Å². The zero-order chi connectivity index (χ0) is 14.0. The van der Waals surface area contributed by atoms with E-state index in [4.69, 9.17) is 10.7 Å². The monoisotopic (exact) mass is 254 g/mol. The molecule has 19 heavy (non-hydrogen) atoms. The van der Waals surface area contributed by atoms with Crippen LogP contribution >= 0.6 is 0 Å². The van der Waals surface area contributed by atoms with E-state index in [1.54, 1.807) is 0 Å². The Bertz CT molecular complexity index is 600. The third kappa shape index (κ3) is 2.69. The van der Waals surface area contributed by atoms with Gasteiger partial charge in [0.25, 0.3) is 0 Å². The molecule has 0 aliphatic heterocycles. The Balaban J connectivity index is 2.56. The first-order chi connectivity index (χ1) is 9.04.